The van der Waals surface area contributed by atoms with Crippen LogP contribution in [-0.2, 0) is 0 Å². The third-order valence-electron chi connectivity index (χ3n) is 4.84. The van der Waals surface area contributed by atoms with E-state index in [1.54, 1.807) is 25.3 Å². The number of nitrogens with one attached hydrogen (secondary N) is 1. The fourth-order valence-electron chi connectivity index (χ4n) is 3.35. The van der Waals surface area contributed by atoms with Crippen LogP contribution in [0.2, 0.25) is 5.02 Å². The molecule has 0 spiro atoms. The Labute approximate surface area is 168 Å². The molecule has 0 unspecified atom stereocenters. The van der Waals surface area contributed by atoms with Gasteiger partial charge in [0, 0.05) is 30.4 Å². The summed E-state index contributed by atoms with van der Waals surface area (Å²) >= 11 is 6.03. The average molecular weight is 397 g/mol. The Morgan fingerprint density at radius 2 is 1.96 bits per heavy atom. The Morgan fingerprint density at radius 1 is 1.14 bits per heavy atom. The Morgan fingerprint density at radius 3 is 2.68 bits per heavy atom. The van der Waals surface area contributed by atoms with Gasteiger partial charge in [-0.1, -0.05) is 23.7 Å². The summed E-state index contributed by atoms with van der Waals surface area (Å²) in [5.74, 6) is 0.787. The number of pyridine rings is 1. The molecule has 0 saturated carbocycles. The molecule has 3 heterocycles. The van der Waals surface area contributed by atoms with Crippen LogP contribution >= 0.6 is 11.6 Å². The minimum Gasteiger partial charge on any atom is -0.356 e. The van der Waals surface area contributed by atoms with E-state index in [-0.39, 0.29) is 11.9 Å². The van der Waals surface area contributed by atoms with Crippen molar-refractivity contribution in [3.05, 3.63) is 65.1 Å². The number of rotatable bonds is 4. The summed E-state index contributed by atoms with van der Waals surface area (Å²) in [6.45, 7) is 3.50. The number of piperidine rings is 1. The van der Waals surface area contributed by atoms with Crippen molar-refractivity contribution >= 4 is 23.3 Å². The molecule has 0 atom stereocenters. The number of hydrogen-bond donors (Lipinski definition) is 1. The summed E-state index contributed by atoms with van der Waals surface area (Å²) in [6.07, 6.45) is 3.53. The van der Waals surface area contributed by atoms with Crippen molar-refractivity contribution < 1.29 is 4.79 Å². The maximum Gasteiger partial charge on any atom is 0.273 e. The fraction of sp³-hybridized carbons (Fsp3) is 0.300. The van der Waals surface area contributed by atoms with E-state index >= 15 is 0 Å². The smallest absolute Gasteiger partial charge is 0.273 e. The minimum absolute atomic E-state index is 0.114. The highest BCUT2D eigenvalue weighted by atomic mass is 35.5. The second-order valence-electron chi connectivity index (χ2n) is 6.83. The molecular weight excluding hydrogens is 376 g/mol. The van der Waals surface area contributed by atoms with Gasteiger partial charge in [-0.2, -0.15) is 9.90 Å². The van der Waals surface area contributed by atoms with Crippen molar-refractivity contribution in [3.63, 3.8) is 0 Å². The third-order valence-corrected chi connectivity index (χ3v) is 5.07. The Bertz CT molecular complexity index is 966. The highest BCUT2D eigenvalue weighted by molar-refractivity contribution is 6.30. The lowest BCUT2D eigenvalue weighted by Gasteiger charge is -2.33. The Kier molecular flexibility index (Phi) is 5.25. The second-order valence-corrected chi connectivity index (χ2v) is 7.26. The van der Waals surface area contributed by atoms with Crippen molar-refractivity contribution in [2.75, 3.05) is 18.0 Å². The van der Waals surface area contributed by atoms with Gasteiger partial charge in [0.25, 0.3) is 5.91 Å². The van der Waals surface area contributed by atoms with Crippen molar-refractivity contribution in [3.8, 4) is 5.69 Å². The maximum absolute atomic E-state index is 12.7. The molecule has 7 nitrogen and oxygen atoms in total. The molecule has 8 heteroatoms. The number of hydrogen-bond acceptors (Lipinski definition) is 5. The van der Waals surface area contributed by atoms with Gasteiger partial charge in [-0.05, 0) is 50.1 Å². The molecule has 1 saturated heterocycles. The molecule has 1 aliphatic rings. The van der Waals surface area contributed by atoms with Crippen LogP contribution in [0.4, 0.5) is 5.82 Å². The van der Waals surface area contributed by atoms with E-state index in [0.29, 0.717) is 16.4 Å². The Hall–Kier alpha value is -2.93. The van der Waals surface area contributed by atoms with Crippen molar-refractivity contribution in [1.82, 2.24) is 25.3 Å². The maximum atomic E-state index is 12.7. The molecule has 1 aromatic carbocycles. The molecule has 4 rings (SSSR count). The molecule has 1 aliphatic heterocycles. The van der Waals surface area contributed by atoms with E-state index in [1.165, 1.54) is 4.80 Å². The Balaban J connectivity index is 1.39. The van der Waals surface area contributed by atoms with Crippen LogP contribution in [0.1, 0.15) is 29.0 Å². The lowest BCUT2D eigenvalue weighted by atomic mass is 10.0. The lowest BCUT2D eigenvalue weighted by Crippen LogP contribution is -2.45. The third kappa shape index (κ3) is 3.99. The van der Waals surface area contributed by atoms with Crippen LogP contribution in [0.25, 0.3) is 5.69 Å². The average Bonchev–Trinajstić information content (AvgIpc) is 3.11. The van der Waals surface area contributed by atoms with Gasteiger partial charge >= 0.3 is 0 Å². The normalized spacial score (nSPS) is 14.9. The number of halogens is 1. The lowest BCUT2D eigenvalue weighted by molar-refractivity contribution is 0.0925. The summed E-state index contributed by atoms with van der Waals surface area (Å²) in [5.41, 5.74) is 1.65. The largest absolute Gasteiger partial charge is 0.356 e. The SMILES string of the molecule is Cc1nn(-c2cccc(Cl)c2)nc1C(=O)NC1CCN(c2ccccn2)CC1. The van der Waals surface area contributed by atoms with Crippen molar-refractivity contribution in [2.24, 2.45) is 0 Å². The predicted molar refractivity (Wildman–Crippen MR) is 108 cm³/mol. The molecule has 0 bridgehead atoms. The van der Waals surface area contributed by atoms with E-state index in [1.807, 2.05) is 30.3 Å². The number of amides is 1. The monoisotopic (exact) mass is 396 g/mol. The van der Waals surface area contributed by atoms with Crippen LogP contribution < -0.4 is 10.2 Å². The van der Waals surface area contributed by atoms with Crippen molar-refractivity contribution in [2.45, 2.75) is 25.8 Å². The summed E-state index contributed by atoms with van der Waals surface area (Å²) in [6, 6.07) is 13.2. The molecule has 0 aliphatic carbocycles. The van der Waals surface area contributed by atoms with E-state index in [2.05, 4.69) is 25.4 Å². The zero-order valence-corrected chi connectivity index (χ0v) is 16.3. The molecule has 1 fully saturated rings. The van der Waals surface area contributed by atoms with Gasteiger partial charge in [-0.15, -0.1) is 5.10 Å². The highest BCUT2D eigenvalue weighted by Gasteiger charge is 2.24. The quantitative estimate of drug-likeness (QED) is 0.733. The van der Waals surface area contributed by atoms with Crippen LogP contribution in [0.5, 0.6) is 0 Å². The molecule has 3 aromatic rings. The van der Waals surface area contributed by atoms with Crippen molar-refractivity contribution in [1.29, 1.82) is 0 Å². The van der Waals surface area contributed by atoms with E-state index in [4.69, 9.17) is 11.6 Å². The number of benzene rings is 1. The first-order chi connectivity index (χ1) is 13.6. The summed E-state index contributed by atoms with van der Waals surface area (Å²) in [7, 11) is 0. The first kappa shape index (κ1) is 18.4. The molecule has 144 valence electrons. The zero-order valence-electron chi connectivity index (χ0n) is 15.5. The standard InChI is InChI=1S/C20H21ClN6O/c1-14-19(25-27(24-14)17-6-4-5-15(21)13-17)20(28)23-16-8-11-26(12-9-16)18-7-2-3-10-22-18/h2-7,10,13,16H,8-9,11-12H2,1H3,(H,23,28). The number of anilines is 1. The first-order valence-electron chi connectivity index (χ1n) is 9.27. The number of nitrogens with zero attached hydrogens (tertiary/aromatic N) is 5. The molecule has 1 amide bonds. The van der Waals surface area contributed by atoms with E-state index < -0.39 is 0 Å². The molecular formula is C20H21ClN6O. The number of aromatic nitrogens is 4. The number of carbonyl (C=O) groups excluding carboxylic acids is 1. The fourth-order valence-corrected chi connectivity index (χ4v) is 3.54. The molecule has 2 aromatic heterocycles. The van der Waals surface area contributed by atoms with Crippen LogP contribution in [0.3, 0.4) is 0 Å². The minimum atomic E-state index is -0.193. The topological polar surface area (TPSA) is 75.9 Å². The molecule has 0 radical (unpaired) electrons. The van der Waals surface area contributed by atoms with E-state index in [9.17, 15) is 4.79 Å². The summed E-state index contributed by atoms with van der Waals surface area (Å²) < 4.78 is 0. The molecule has 1 N–H and O–H groups in total. The second kappa shape index (κ2) is 7.98. The molecule has 28 heavy (non-hydrogen) atoms. The van der Waals surface area contributed by atoms with E-state index in [0.717, 1.165) is 37.4 Å². The van der Waals surface area contributed by atoms with Crippen LogP contribution in [0, 0.1) is 6.92 Å². The summed E-state index contributed by atoms with van der Waals surface area (Å²) in [4.78, 5) is 20.8. The zero-order chi connectivity index (χ0) is 19.5. The van der Waals surface area contributed by atoms with Crippen LogP contribution in [-0.4, -0.2) is 45.0 Å². The predicted octanol–water partition coefficient (Wildman–Crippen LogP) is 3.02. The van der Waals surface area contributed by atoms with Gasteiger partial charge in [0.1, 0.15) is 5.82 Å². The van der Waals surface area contributed by atoms with Gasteiger partial charge in [0.2, 0.25) is 0 Å². The van der Waals surface area contributed by atoms with Gasteiger partial charge in [-0.25, -0.2) is 4.98 Å². The highest BCUT2D eigenvalue weighted by Crippen LogP contribution is 2.18. The van der Waals surface area contributed by atoms with Gasteiger partial charge in [0.05, 0.1) is 11.4 Å². The number of aryl methyl sites for hydroxylation is 1. The first-order valence-corrected chi connectivity index (χ1v) is 9.64. The van der Waals surface area contributed by atoms with Gasteiger partial charge in [0.15, 0.2) is 5.69 Å². The van der Waals surface area contributed by atoms with Crippen LogP contribution in [0.15, 0.2) is 48.7 Å². The summed E-state index contributed by atoms with van der Waals surface area (Å²) in [5, 5.41) is 12.4. The van der Waals surface area contributed by atoms with Gasteiger partial charge in [-0.3, -0.25) is 4.79 Å². The number of carbonyl (C=O) groups is 1. The van der Waals surface area contributed by atoms with Gasteiger partial charge < -0.3 is 10.2 Å².